The largest absolute Gasteiger partial charge is 0.416 e. The maximum absolute atomic E-state index is 13.2. The standard InChI is InChI=1S/C20H14F7N5O/c21-16-5-11(3-4-29-16)1-2-12(17(28)33)9-32-10-30-18(31-32)13-6-14(19(22,23)24)8-15(7-13)20(25,26)27/h3-10H,1-2H2,(H2,28,33)/b12-9-. The minimum atomic E-state index is -5.02. The first kappa shape index (κ1) is 23.9. The summed E-state index contributed by atoms with van der Waals surface area (Å²) in [4.78, 5) is 18.9. The van der Waals surface area contributed by atoms with Crippen molar-refractivity contribution in [3.8, 4) is 11.4 Å². The number of nitrogens with zero attached hydrogens (tertiary/aromatic N) is 4. The molecule has 0 radical (unpaired) electrons. The number of carbonyl (C=O) groups is 1. The van der Waals surface area contributed by atoms with Gasteiger partial charge in [0.15, 0.2) is 5.82 Å². The van der Waals surface area contributed by atoms with Crippen molar-refractivity contribution < 1.29 is 35.5 Å². The molecule has 13 heteroatoms. The fourth-order valence-electron chi connectivity index (χ4n) is 2.84. The van der Waals surface area contributed by atoms with Gasteiger partial charge in [-0.1, -0.05) is 0 Å². The van der Waals surface area contributed by atoms with Crippen LogP contribution in [0, 0.1) is 5.95 Å². The number of amides is 1. The van der Waals surface area contributed by atoms with E-state index in [4.69, 9.17) is 5.73 Å². The van der Waals surface area contributed by atoms with Gasteiger partial charge in [-0.3, -0.25) is 4.79 Å². The van der Waals surface area contributed by atoms with E-state index in [1.807, 2.05) is 0 Å². The Morgan fingerprint density at radius 2 is 1.64 bits per heavy atom. The quantitative estimate of drug-likeness (QED) is 0.325. The van der Waals surface area contributed by atoms with Gasteiger partial charge in [-0.25, -0.2) is 14.6 Å². The lowest BCUT2D eigenvalue weighted by Crippen LogP contribution is -2.15. The Kier molecular flexibility index (Phi) is 6.51. The van der Waals surface area contributed by atoms with Crippen molar-refractivity contribution in [2.75, 3.05) is 0 Å². The van der Waals surface area contributed by atoms with Crippen molar-refractivity contribution in [1.29, 1.82) is 0 Å². The molecule has 0 aliphatic carbocycles. The molecular weight excluding hydrogens is 459 g/mol. The van der Waals surface area contributed by atoms with Crippen LogP contribution in [0.5, 0.6) is 0 Å². The first-order valence-corrected chi connectivity index (χ1v) is 9.15. The molecule has 0 aliphatic heterocycles. The van der Waals surface area contributed by atoms with Crippen molar-refractivity contribution in [2.24, 2.45) is 5.73 Å². The third kappa shape index (κ3) is 6.14. The van der Waals surface area contributed by atoms with Crippen LogP contribution in [0.25, 0.3) is 17.6 Å². The second-order valence-electron chi connectivity index (χ2n) is 6.85. The van der Waals surface area contributed by atoms with E-state index in [0.29, 0.717) is 17.7 Å². The Bertz CT molecular complexity index is 1170. The molecule has 0 spiro atoms. The topological polar surface area (TPSA) is 86.7 Å². The summed E-state index contributed by atoms with van der Waals surface area (Å²) in [6, 6.07) is 3.67. The Morgan fingerprint density at radius 1 is 1.00 bits per heavy atom. The smallest absolute Gasteiger partial charge is 0.366 e. The van der Waals surface area contributed by atoms with Gasteiger partial charge in [0, 0.05) is 23.5 Å². The van der Waals surface area contributed by atoms with Crippen molar-refractivity contribution in [1.82, 2.24) is 19.7 Å². The van der Waals surface area contributed by atoms with E-state index in [9.17, 15) is 35.5 Å². The van der Waals surface area contributed by atoms with E-state index in [1.165, 1.54) is 12.3 Å². The van der Waals surface area contributed by atoms with Crippen LogP contribution in [0.4, 0.5) is 30.7 Å². The summed E-state index contributed by atoms with van der Waals surface area (Å²) in [6.07, 6.45) is -6.42. The van der Waals surface area contributed by atoms with Gasteiger partial charge in [0.1, 0.15) is 6.33 Å². The summed E-state index contributed by atoms with van der Waals surface area (Å²) in [5, 5.41) is 3.83. The molecule has 0 fully saturated rings. The molecule has 3 rings (SSSR count). The highest BCUT2D eigenvalue weighted by Gasteiger charge is 2.37. The number of aryl methyl sites for hydroxylation is 1. The lowest BCUT2D eigenvalue weighted by Gasteiger charge is -2.13. The molecule has 2 heterocycles. The van der Waals surface area contributed by atoms with Crippen molar-refractivity contribution in [3.63, 3.8) is 0 Å². The number of pyridine rings is 1. The zero-order chi connectivity index (χ0) is 24.4. The summed E-state index contributed by atoms with van der Waals surface area (Å²) >= 11 is 0. The zero-order valence-corrected chi connectivity index (χ0v) is 16.5. The molecule has 3 aromatic rings. The average molecular weight is 473 g/mol. The Morgan fingerprint density at radius 3 is 2.18 bits per heavy atom. The predicted octanol–water partition coefficient (Wildman–Crippen LogP) is 4.48. The van der Waals surface area contributed by atoms with E-state index >= 15 is 0 Å². The third-order valence-electron chi connectivity index (χ3n) is 4.43. The molecule has 2 N–H and O–H groups in total. The highest BCUT2D eigenvalue weighted by Crippen LogP contribution is 2.38. The fourth-order valence-corrected chi connectivity index (χ4v) is 2.84. The van der Waals surface area contributed by atoms with Crippen LogP contribution in [-0.2, 0) is 23.6 Å². The minimum Gasteiger partial charge on any atom is -0.366 e. The minimum absolute atomic E-state index is 0.00642. The van der Waals surface area contributed by atoms with E-state index in [1.54, 1.807) is 0 Å². The van der Waals surface area contributed by atoms with Crippen LogP contribution in [0.3, 0.4) is 0 Å². The molecule has 174 valence electrons. The van der Waals surface area contributed by atoms with E-state index < -0.39 is 46.7 Å². The number of aromatic nitrogens is 4. The molecule has 0 atom stereocenters. The highest BCUT2D eigenvalue weighted by molar-refractivity contribution is 5.94. The molecular formula is C20H14F7N5O. The number of carbonyl (C=O) groups excluding carboxylic acids is 1. The highest BCUT2D eigenvalue weighted by atomic mass is 19.4. The summed E-state index contributed by atoms with van der Waals surface area (Å²) in [5.74, 6) is -1.99. The van der Waals surface area contributed by atoms with Gasteiger partial charge >= 0.3 is 12.4 Å². The van der Waals surface area contributed by atoms with E-state index in [0.717, 1.165) is 23.3 Å². The van der Waals surface area contributed by atoms with E-state index in [2.05, 4.69) is 15.1 Å². The molecule has 33 heavy (non-hydrogen) atoms. The maximum Gasteiger partial charge on any atom is 0.416 e. The predicted molar refractivity (Wildman–Crippen MR) is 101 cm³/mol. The summed E-state index contributed by atoms with van der Waals surface area (Å²) in [7, 11) is 0. The van der Waals surface area contributed by atoms with Crippen molar-refractivity contribution >= 4 is 12.1 Å². The van der Waals surface area contributed by atoms with E-state index in [-0.39, 0.29) is 24.5 Å². The fraction of sp³-hybridized carbons (Fsp3) is 0.200. The molecule has 0 bridgehead atoms. The first-order valence-electron chi connectivity index (χ1n) is 9.15. The summed E-state index contributed by atoms with van der Waals surface area (Å²) in [5.41, 5.74) is 2.33. The molecule has 2 aromatic heterocycles. The molecule has 0 saturated carbocycles. The first-order chi connectivity index (χ1) is 15.3. The van der Waals surface area contributed by atoms with Crippen LogP contribution in [0.1, 0.15) is 23.1 Å². The van der Waals surface area contributed by atoms with Crippen LogP contribution < -0.4 is 5.73 Å². The molecule has 1 amide bonds. The molecule has 0 aliphatic rings. The number of benzene rings is 1. The number of nitrogens with two attached hydrogens (primary N) is 1. The second-order valence-corrected chi connectivity index (χ2v) is 6.85. The van der Waals surface area contributed by atoms with Gasteiger partial charge in [-0.2, -0.15) is 30.7 Å². The number of primary amides is 1. The summed E-state index contributed by atoms with van der Waals surface area (Å²) < 4.78 is 92.5. The van der Waals surface area contributed by atoms with Gasteiger partial charge in [0.25, 0.3) is 0 Å². The Hall–Kier alpha value is -3.77. The van der Waals surface area contributed by atoms with Gasteiger partial charge in [0.2, 0.25) is 11.9 Å². The SMILES string of the molecule is NC(=O)/C(=C\n1cnc(-c2cc(C(F)(F)F)cc(C(F)(F)F)c2)n1)CCc1ccnc(F)c1. The number of rotatable bonds is 6. The normalized spacial score (nSPS) is 12.8. The number of halogens is 7. The van der Waals surface area contributed by atoms with Gasteiger partial charge in [0.05, 0.1) is 11.1 Å². The van der Waals surface area contributed by atoms with Crippen LogP contribution >= 0.6 is 0 Å². The molecule has 6 nitrogen and oxygen atoms in total. The summed E-state index contributed by atoms with van der Waals surface area (Å²) in [6.45, 7) is 0. The lowest BCUT2D eigenvalue weighted by molar-refractivity contribution is -0.143. The van der Waals surface area contributed by atoms with Gasteiger partial charge < -0.3 is 5.73 Å². The third-order valence-corrected chi connectivity index (χ3v) is 4.43. The average Bonchev–Trinajstić information content (AvgIpc) is 3.18. The zero-order valence-electron chi connectivity index (χ0n) is 16.5. The van der Waals surface area contributed by atoms with Crippen molar-refractivity contribution in [3.05, 3.63) is 71.1 Å². The van der Waals surface area contributed by atoms with Gasteiger partial charge in [-0.15, -0.1) is 5.10 Å². The maximum atomic E-state index is 13.2. The monoisotopic (exact) mass is 473 g/mol. The second kappa shape index (κ2) is 9.00. The van der Waals surface area contributed by atoms with Gasteiger partial charge in [-0.05, 0) is 48.7 Å². The Labute approximate surface area is 181 Å². The molecule has 0 saturated heterocycles. The molecule has 1 aromatic carbocycles. The number of hydrogen-bond acceptors (Lipinski definition) is 4. The van der Waals surface area contributed by atoms with Crippen LogP contribution in [0.15, 0.2) is 48.4 Å². The van der Waals surface area contributed by atoms with Crippen LogP contribution in [-0.4, -0.2) is 25.7 Å². The number of alkyl halides is 6. The van der Waals surface area contributed by atoms with Crippen molar-refractivity contribution in [2.45, 2.75) is 25.2 Å². The Balaban J connectivity index is 1.91. The number of hydrogen-bond donors (Lipinski definition) is 1. The lowest BCUT2D eigenvalue weighted by atomic mass is 10.0. The molecule has 0 unspecified atom stereocenters. The van der Waals surface area contributed by atoms with Crippen LogP contribution in [0.2, 0.25) is 0 Å².